The van der Waals surface area contributed by atoms with Gasteiger partial charge in [0.1, 0.15) is 0 Å². The molecule has 3 rings (SSSR count). The predicted molar refractivity (Wildman–Crippen MR) is 54.0 cm³/mol. The van der Waals surface area contributed by atoms with Crippen LogP contribution in [-0.4, -0.2) is 24.5 Å². The molecule has 3 aromatic heterocycles. The number of hydrogen-bond donors (Lipinski definition) is 0. The number of fused-ring (bicyclic) bond motifs is 3. The molecule has 3 heterocycles. The molecule has 62 valence electrons. The van der Waals surface area contributed by atoms with E-state index in [4.69, 9.17) is 0 Å². The average Bonchev–Trinajstić information content (AvgIpc) is 2.56. The molecule has 0 N–H and O–H groups in total. The van der Waals surface area contributed by atoms with E-state index in [1.54, 1.807) is 0 Å². The molecule has 3 aromatic rings. The van der Waals surface area contributed by atoms with Gasteiger partial charge in [-0.05, 0) is 0 Å². The van der Waals surface area contributed by atoms with E-state index >= 15 is 0 Å². The fourth-order valence-corrected chi connectivity index (χ4v) is 3.61. The third-order valence-electron chi connectivity index (χ3n) is 2.03. The van der Waals surface area contributed by atoms with Crippen molar-refractivity contribution < 1.29 is 0 Å². The Hall–Kier alpha value is -1.18. The summed E-state index contributed by atoms with van der Waals surface area (Å²) in [7, 11) is 0. The Balaban J connectivity index is 2.64. The zero-order chi connectivity index (χ0) is 8.67. The van der Waals surface area contributed by atoms with Crippen LogP contribution in [0.1, 0.15) is 0 Å². The summed E-state index contributed by atoms with van der Waals surface area (Å²) in [5.74, 6) is 0. The Morgan fingerprint density at radius 1 is 1.08 bits per heavy atom. The molecule has 0 amide bonds. The molecule has 0 spiro atoms. The molecule has 0 aliphatic carbocycles. The van der Waals surface area contributed by atoms with E-state index in [0.717, 1.165) is 5.52 Å². The van der Waals surface area contributed by atoms with Crippen LogP contribution in [0.4, 0.5) is 0 Å². The van der Waals surface area contributed by atoms with E-state index in [1.165, 1.54) is 13.9 Å². The van der Waals surface area contributed by atoms with Crippen LogP contribution in [0, 0.1) is 0 Å². The SMILES string of the molecule is c1cnc2c(c1)[se]c1cnccc12. The zero-order valence-corrected chi connectivity index (χ0v) is 8.48. The van der Waals surface area contributed by atoms with Gasteiger partial charge in [-0.1, -0.05) is 0 Å². The van der Waals surface area contributed by atoms with E-state index in [-0.39, 0.29) is 0 Å². The van der Waals surface area contributed by atoms with Crippen LogP contribution in [-0.2, 0) is 0 Å². The van der Waals surface area contributed by atoms with Crippen molar-refractivity contribution in [3.63, 3.8) is 0 Å². The summed E-state index contributed by atoms with van der Waals surface area (Å²) in [6.07, 6.45) is 5.64. The monoisotopic (exact) mass is 234 g/mol. The summed E-state index contributed by atoms with van der Waals surface area (Å²) in [5.41, 5.74) is 1.15. The van der Waals surface area contributed by atoms with E-state index in [2.05, 4.69) is 22.1 Å². The quantitative estimate of drug-likeness (QED) is 0.554. The molecule has 0 atom stereocenters. The van der Waals surface area contributed by atoms with Gasteiger partial charge in [0.15, 0.2) is 0 Å². The molecule has 13 heavy (non-hydrogen) atoms. The number of nitrogens with zero attached hydrogens (tertiary/aromatic N) is 2. The fraction of sp³-hybridized carbons (Fsp3) is 0. The molecule has 0 bridgehead atoms. The third kappa shape index (κ3) is 1.01. The number of aromatic nitrogens is 2. The van der Waals surface area contributed by atoms with Crippen molar-refractivity contribution in [1.29, 1.82) is 0 Å². The van der Waals surface area contributed by atoms with Gasteiger partial charge < -0.3 is 0 Å². The molecule has 0 aliphatic heterocycles. The Labute approximate surface area is 81.0 Å². The van der Waals surface area contributed by atoms with E-state index in [9.17, 15) is 0 Å². The molecule has 0 radical (unpaired) electrons. The van der Waals surface area contributed by atoms with Crippen molar-refractivity contribution >= 4 is 33.9 Å². The molecular formula is C10H6N2Se. The molecule has 3 heteroatoms. The first-order valence-electron chi connectivity index (χ1n) is 4.02. The fourth-order valence-electron chi connectivity index (χ4n) is 1.45. The number of hydrogen-bond acceptors (Lipinski definition) is 2. The maximum absolute atomic E-state index is 4.39. The molecule has 0 aromatic carbocycles. The van der Waals surface area contributed by atoms with Crippen molar-refractivity contribution in [2.45, 2.75) is 0 Å². The maximum atomic E-state index is 4.39. The van der Waals surface area contributed by atoms with Crippen molar-refractivity contribution in [1.82, 2.24) is 9.97 Å². The van der Waals surface area contributed by atoms with Crippen molar-refractivity contribution in [3.8, 4) is 0 Å². The molecule has 0 unspecified atom stereocenters. The van der Waals surface area contributed by atoms with Crippen molar-refractivity contribution in [3.05, 3.63) is 36.8 Å². The first kappa shape index (κ1) is 7.24. The Morgan fingerprint density at radius 3 is 3.08 bits per heavy atom. The Morgan fingerprint density at radius 2 is 2.08 bits per heavy atom. The van der Waals surface area contributed by atoms with E-state index in [0.29, 0.717) is 14.5 Å². The van der Waals surface area contributed by atoms with Gasteiger partial charge in [0.25, 0.3) is 0 Å². The summed E-state index contributed by atoms with van der Waals surface area (Å²) in [6, 6.07) is 6.21. The normalized spacial score (nSPS) is 11.1. The molecular weight excluding hydrogens is 227 g/mol. The van der Waals surface area contributed by atoms with Crippen LogP contribution in [0.15, 0.2) is 36.8 Å². The van der Waals surface area contributed by atoms with E-state index < -0.39 is 0 Å². The minimum absolute atomic E-state index is 0.410. The Bertz CT molecular complexity index is 521. The van der Waals surface area contributed by atoms with E-state index in [1.807, 2.05) is 24.7 Å². The molecule has 0 saturated heterocycles. The zero-order valence-electron chi connectivity index (χ0n) is 6.77. The number of pyridine rings is 2. The Kier molecular flexibility index (Phi) is 1.48. The topological polar surface area (TPSA) is 25.8 Å². The van der Waals surface area contributed by atoms with Crippen LogP contribution >= 0.6 is 0 Å². The number of rotatable bonds is 0. The van der Waals surface area contributed by atoms with Crippen LogP contribution in [0.25, 0.3) is 19.4 Å². The third-order valence-corrected chi connectivity index (χ3v) is 4.33. The second kappa shape index (κ2) is 2.66. The standard InChI is InChI=1S/C10H6N2Se/c1-2-8-10(12-4-1)7-3-5-11-6-9(7)13-8/h1-6H. The van der Waals surface area contributed by atoms with Gasteiger partial charge in [-0.2, -0.15) is 0 Å². The second-order valence-corrected chi connectivity index (χ2v) is 5.10. The summed E-state index contributed by atoms with van der Waals surface area (Å²) >= 11 is 0.410. The van der Waals surface area contributed by atoms with Gasteiger partial charge in [0.2, 0.25) is 0 Å². The molecule has 0 fully saturated rings. The van der Waals surface area contributed by atoms with Crippen LogP contribution in [0.5, 0.6) is 0 Å². The van der Waals surface area contributed by atoms with Gasteiger partial charge in [0, 0.05) is 0 Å². The van der Waals surface area contributed by atoms with Crippen molar-refractivity contribution in [2.24, 2.45) is 0 Å². The van der Waals surface area contributed by atoms with Crippen LogP contribution in [0.3, 0.4) is 0 Å². The molecule has 2 nitrogen and oxygen atoms in total. The summed E-state index contributed by atoms with van der Waals surface area (Å²) in [5, 5.41) is 1.27. The summed E-state index contributed by atoms with van der Waals surface area (Å²) < 4.78 is 2.72. The van der Waals surface area contributed by atoms with Gasteiger partial charge in [-0.3, -0.25) is 0 Å². The van der Waals surface area contributed by atoms with Gasteiger partial charge in [-0.15, -0.1) is 0 Å². The molecule has 0 saturated carbocycles. The first-order valence-corrected chi connectivity index (χ1v) is 5.74. The molecule has 0 aliphatic rings. The first-order chi connectivity index (χ1) is 6.45. The van der Waals surface area contributed by atoms with Gasteiger partial charge in [0.05, 0.1) is 0 Å². The average molecular weight is 233 g/mol. The van der Waals surface area contributed by atoms with Gasteiger partial charge in [-0.25, -0.2) is 0 Å². The summed E-state index contributed by atoms with van der Waals surface area (Å²) in [6.45, 7) is 0. The van der Waals surface area contributed by atoms with Crippen LogP contribution < -0.4 is 0 Å². The summed E-state index contributed by atoms with van der Waals surface area (Å²) in [4.78, 5) is 8.52. The predicted octanol–water partition coefficient (Wildman–Crippen LogP) is 1.84. The minimum atomic E-state index is 0.410. The van der Waals surface area contributed by atoms with Crippen molar-refractivity contribution in [2.75, 3.05) is 0 Å². The van der Waals surface area contributed by atoms with Gasteiger partial charge >= 0.3 is 80.7 Å². The second-order valence-electron chi connectivity index (χ2n) is 2.82. The van der Waals surface area contributed by atoms with Crippen LogP contribution in [0.2, 0.25) is 0 Å².